The van der Waals surface area contributed by atoms with E-state index in [2.05, 4.69) is 15.1 Å². The minimum atomic E-state index is -4.37. The molecule has 20 heavy (non-hydrogen) atoms. The van der Waals surface area contributed by atoms with Crippen LogP contribution < -0.4 is 5.73 Å². The van der Waals surface area contributed by atoms with Crippen LogP contribution in [0.15, 0.2) is 18.5 Å². The van der Waals surface area contributed by atoms with Crippen molar-refractivity contribution >= 4 is 5.69 Å². The second-order valence-corrected chi connectivity index (χ2v) is 4.17. The maximum Gasteiger partial charge on any atom is 0.367 e. The molecular formula is C11H11F4N5. The third kappa shape index (κ3) is 2.70. The molecule has 0 spiro atoms. The number of aryl methyl sites for hydroxylation is 1. The molecule has 0 atom stereocenters. The van der Waals surface area contributed by atoms with Gasteiger partial charge in [0.2, 0.25) is 5.82 Å². The number of halogens is 4. The Labute approximate surface area is 111 Å². The van der Waals surface area contributed by atoms with Gasteiger partial charge < -0.3 is 5.73 Å². The van der Waals surface area contributed by atoms with Crippen LogP contribution in [-0.4, -0.2) is 26.2 Å². The molecule has 5 nitrogen and oxygen atoms in total. The minimum absolute atomic E-state index is 0.0352. The molecule has 2 aromatic heterocycles. The van der Waals surface area contributed by atoms with E-state index in [1.54, 1.807) is 19.1 Å². The zero-order valence-corrected chi connectivity index (χ0v) is 10.4. The first kappa shape index (κ1) is 14.2. The van der Waals surface area contributed by atoms with E-state index in [1.165, 1.54) is 0 Å². The number of pyridine rings is 1. The van der Waals surface area contributed by atoms with Crippen LogP contribution in [0, 0.1) is 6.92 Å². The van der Waals surface area contributed by atoms with E-state index in [-0.39, 0.29) is 6.54 Å². The van der Waals surface area contributed by atoms with Gasteiger partial charge in [-0.3, -0.25) is 4.98 Å². The molecule has 9 heteroatoms. The van der Waals surface area contributed by atoms with Crippen molar-refractivity contribution in [3.05, 3.63) is 35.7 Å². The highest BCUT2D eigenvalue weighted by atomic mass is 19.3. The summed E-state index contributed by atoms with van der Waals surface area (Å²) in [5.41, 5.74) is 7.19. The number of aromatic nitrogens is 4. The highest BCUT2D eigenvalue weighted by Gasteiger charge is 2.46. The number of anilines is 1. The number of hydrogen-bond donors (Lipinski definition) is 1. The van der Waals surface area contributed by atoms with Crippen molar-refractivity contribution in [3.63, 3.8) is 0 Å². The molecule has 0 aliphatic carbocycles. The van der Waals surface area contributed by atoms with Crippen LogP contribution in [0.5, 0.6) is 0 Å². The summed E-state index contributed by atoms with van der Waals surface area (Å²) in [4.78, 5) is 7.34. The molecule has 2 N–H and O–H groups in total. The fourth-order valence-corrected chi connectivity index (χ4v) is 1.50. The van der Waals surface area contributed by atoms with Crippen molar-refractivity contribution in [2.45, 2.75) is 25.8 Å². The van der Waals surface area contributed by atoms with E-state index in [4.69, 9.17) is 5.73 Å². The Kier molecular flexibility index (Phi) is 3.60. The predicted molar refractivity (Wildman–Crippen MR) is 62.4 cm³/mol. The first-order valence-electron chi connectivity index (χ1n) is 5.58. The summed E-state index contributed by atoms with van der Waals surface area (Å²) >= 11 is 0. The Balaban J connectivity index is 2.19. The topological polar surface area (TPSA) is 69.6 Å². The van der Waals surface area contributed by atoms with Gasteiger partial charge in [-0.2, -0.15) is 8.78 Å². The van der Waals surface area contributed by atoms with Crippen LogP contribution in [0.3, 0.4) is 0 Å². The lowest BCUT2D eigenvalue weighted by Gasteiger charge is -2.10. The van der Waals surface area contributed by atoms with Crippen LogP contribution in [0.25, 0.3) is 0 Å². The molecule has 0 bridgehead atoms. The summed E-state index contributed by atoms with van der Waals surface area (Å²) in [7, 11) is 0. The second kappa shape index (κ2) is 5.06. The average molecular weight is 289 g/mol. The van der Waals surface area contributed by atoms with Gasteiger partial charge in [0, 0.05) is 0 Å². The monoisotopic (exact) mass is 289 g/mol. The largest absolute Gasteiger partial charge is 0.397 e. The van der Waals surface area contributed by atoms with E-state index in [0.717, 1.165) is 11.0 Å². The molecule has 0 aliphatic rings. The first-order chi connectivity index (χ1) is 9.30. The molecule has 2 aromatic rings. The summed E-state index contributed by atoms with van der Waals surface area (Å²) in [6, 6.07) is 3.21. The molecule has 0 radical (unpaired) electrons. The molecule has 108 valence electrons. The standard InChI is InChI=1S/C11H11F4N5/c1-6-8(16)3-2-7(18-6)4-20-5-17-10(19-20)11(14,15)9(12)13/h2-3,5,9H,4,16H2,1H3. The maximum absolute atomic E-state index is 13.0. The van der Waals surface area contributed by atoms with Crippen molar-refractivity contribution in [1.82, 2.24) is 19.7 Å². The predicted octanol–water partition coefficient (Wildman–Crippen LogP) is 1.97. The molecular weight excluding hydrogens is 278 g/mol. The van der Waals surface area contributed by atoms with Crippen molar-refractivity contribution in [3.8, 4) is 0 Å². The fourth-order valence-electron chi connectivity index (χ4n) is 1.50. The van der Waals surface area contributed by atoms with Gasteiger partial charge in [-0.1, -0.05) is 0 Å². The Bertz CT molecular complexity index is 611. The van der Waals surface area contributed by atoms with E-state index in [9.17, 15) is 17.6 Å². The third-order valence-electron chi connectivity index (χ3n) is 2.62. The molecule has 0 saturated carbocycles. The zero-order chi connectivity index (χ0) is 14.9. The quantitative estimate of drug-likeness (QED) is 0.874. The van der Waals surface area contributed by atoms with Crippen LogP contribution in [0.2, 0.25) is 0 Å². The van der Waals surface area contributed by atoms with Crippen molar-refractivity contribution < 1.29 is 17.6 Å². The molecule has 2 heterocycles. The Morgan fingerprint density at radius 2 is 2.05 bits per heavy atom. The number of nitrogens with two attached hydrogens (primary N) is 1. The first-order valence-corrected chi connectivity index (χ1v) is 5.58. The summed E-state index contributed by atoms with van der Waals surface area (Å²) in [5.74, 6) is -5.57. The maximum atomic E-state index is 13.0. The third-order valence-corrected chi connectivity index (χ3v) is 2.62. The number of rotatable bonds is 4. The fraction of sp³-hybridized carbons (Fsp3) is 0.364. The summed E-state index contributed by atoms with van der Waals surface area (Å²) in [6.45, 7) is 1.73. The summed E-state index contributed by atoms with van der Waals surface area (Å²) in [5, 5.41) is 3.35. The Hall–Kier alpha value is -2.19. The Morgan fingerprint density at radius 3 is 2.65 bits per heavy atom. The Morgan fingerprint density at radius 1 is 1.35 bits per heavy atom. The van der Waals surface area contributed by atoms with Gasteiger partial charge in [-0.25, -0.2) is 18.4 Å². The van der Waals surface area contributed by atoms with Gasteiger partial charge in [-0.15, -0.1) is 5.10 Å². The van der Waals surface area contributed by atoms with Crippen molar-refractivity contribution in [2.75, 3.05) is 5.73 Å². The lowest BCUT2D eigenvalue weighted by molar-refractivity contribution is -0.141. The number of nitrogen functional groups attached to an aromatic ring is 1. The van der Waals surface area contributed by atoms with Gasteiger partial charge in [0.05, 0.1) is 23.6 Å². The molecule has 0 saturated heterocycles. The second-order valence-electron chi connectivity index (χ2n) is 4.17. The number of hydrogen-bond acceptors (Lipinski definition) is 4. The molecule has 2 rings (SSSR count). The highest BCUT2D eigenvalue weighted by Crippen LogP contribution is 2.31. The van der Waals surface area contributed by atoms with Gasteiger partial charge in [0.25, 0.3) is 0 Å². The smallest absolute Gasteiger partial charge is 0.367 e. The molecule has 0 aromatic carbocycles. The van der Waals surface area contributed by atoms with E-state index >= 15 is 0 Å². The molecule has 0 unspecified atom stereocenters. The number of nitrogens with zero attached hydrogens (tertiary/aromatic N) is 4. The van der Waals surface area contributed by atoms with Crippen LogP contribution >= 0.6 is 0 Å². The summed E-state index contributed by atoms with van der Waals surface area (Å²) < 4.78 is 51.4. The van der Waals surface area contributed by atoms with E-state index in [0.29, 0.717) is 17.1 Å². The average Bonchev–Trinajstić information content (AvgIpc) is 2.83. The minimum Gasteiger partial charge on any atom is -0.397 e. The van der Waals surface area contributed by atoms with Gasteiger partial charge in [0.1, 0.15) is 6.33 Å². The SMILES string of the molecule is Cc1nc(Cn2cnc(C(F)(F)C(F)F)n2)ccc1N. The number of alkyl halides is 4. The van der Waals surface area contributed by atoms with Crippen LogP contribution in [-0.2, 0) is 12.5 Å². The molecule has 0 aliphatic heterocycles. The molecule has 0 amide bonds. The highest BCUT2D eigenvalue weighted by molar-refractivity contribution is 5.42. The van der Waals surface area contributed by atoms with Crippen LogP contribution in [0.4, 0.5) is 23.2 Å². The lowest BCUT2D eigenvalue weighted by Crippen LogP contribution is -2.25. The lowest BCUT2D eigenvalue weighted by atomic mass is 10.3. The van der Waals surface area contributed by atoms with E-state index in [1.807, 2.05) is 0 Å². The van der Waals surface area contributed by atoms with Crippen LogP contribution in [0.1, 0.15) is 17.2 Å². The van der Waals surface area contributed by atoms with E-state index < -0.39 is 18.2 Å². The summed E-state index contributed by atoms with van der Waals surface area (Å²) in [6.07, 6.45) is -2.89. The molecule has 0 fully saturated rings. The van der Waals surface area contributed by atoms with Gasteiger partial charge in [-0.05, 0) is 19.1 Å². The zero-order valence-electron chi connectivity index (χ0n) is 10.4. The van der Waals surface area contributed by atoms with Crippen molar-refractivity contribution in [2.24, 2.45) is 0 Å². The normalized spacial score (nSPS) is 12.1. The van der Waals surface area contributed by atoms with Gasteiger partial charge >= 0.3 is 12.3 Å². The van der Waals surface area contributed by atoms with Gasteiger partial charge in [0.15, 0.2) is 0 Å². The van der Waals surface area contributed by atoms with Crippen molar-refractivity contribution in [1.29, 1.82) is 0 Å².